The zero-order valence-electron chi connectivity index (χ0n) is 16.6. The van der Waals surface area contributed by atoms with Crippen LogP contribution >= 0.6 is 12.6 Å². The van der Waals surface area contributed by atoms with Crippen molar-refractivity contribution in [3.8, 4) is 0 Å². The summed E-state index contributed by atoms with van der Waals surface area (Å²) in [6.07, 6.45) is 1.37. The molecule has 0 aromatic heterocycles. The van der Waals surface area contributed by atoms with E-state index in [0.717, 1.165) is 17.5 Å². The third-order valence-electron chi connectivity index (χ3n) is 5.40. The highest BCUT2D eigenvalue weighted by Crippen LogP contribution is 2.33. The van der Waals surface area contributed by atoms with E-state index in [-0.39, 0.29) is 24.5 Å². The number of amides is 3. The standard InChI is InChI=1S/C25H24N2O2S/c28-22-18-26(24(20-12-6-2-7-13-20)21-14-8-3-9-15-21)25(29)27(22)23(30)17-16-19-10-4-1-5-11-19/h1-15,23-24,30H,16-18H2. The Labute approximate surface area is 182 Å². The predicted octanol–water partition coefficient (Wildman–Crippen LogP) is 4.93. The average Bonchev–Trinajstić information content (AvgIpc) is 3.08. The Morgan fingerprint density at radius 3 is 1.80 bits per heavy atom. The average molecular weight is 417 g/mol. The van der Waals surface area contributed by atoms with Gasteiger partial charge in [-0.05, 0) is 29.5 Å². The third-order valence-corrected chi connectivity index (χ3v) is 5.89. The minimum Gasteiger partial charge on any atom is -0.304 e. The van der Waals surface area contributed by atoms with Crippen molar-refractivity contribution in [2.24, 2.45) is 0 Å². The first kappa shape index (κ1) is 20.2. The molecular formula is C25H24N2O2S. The monoisotopic (exact) mass is 416 g/mol. The Hall–Kier alpha value is -3.05. The van der Waals surface area contributed by atoms with E-state index in [2.05, 4.69) is 12.6 Å². The maximum atomic E-state index is 13.3. The maximum absolute atomic E-state index is 13.3. The molecule has 0 aliphatic carbocycles. The van der Waals surface area contributed by atoms with E-state index in [9.17, 15) is 9.59 Å². The maximum Gasteiger partial charge on any atom is 0.328 e. The Morgan fingerprint density at radius 1 is 0.767 bits per heavy atom. The molecule has 1 aliphatic heterocycles. The molecular weight excluding hydrogens is 392 g/mol. The molecule has 0 radical (unpaired) electrons. The molecule has 0 spiro atoms. The number of aryl methyl sites for hydroxylation is 1. The summed E-state index contributed by atoms with van der Waals surface area (Å²) in [4.78, 5) is 29.1. The number of nitrogens with zero attached hydrogens (tertiary/aromatic N) is 2. The van der Waals surface area contributed by atoms with Crippen LogP contribution in [0.15, 0.2) is 91.0 Å². The highest BCUT2D eigenvalue weighted by molar-refractivity contribution is 7.80. The molecule has 0 saturated carbocycles. The van der Waals surface area contributed by atoms with Crippen molar-refractivity contribution in [3.05, 3.63) is 108 Å². The number of hydrogen-bond acceptors (Lipinski definition) is 3. The lowest BCUT2D eigenvalue weighted by molar-refractivity contribution is -0.125. The van der Waals surface area contributed by atoms with Gasteiger partial charge in [-0.3, -0.25) is 9.69 Å². The molecule has 1 unspecified atom stereocenters. The van der Waals surface area contributed by atoms with Gasteiger partial charge in [0.15, 0.2) is 0 Å². The van der Waals surface area contributed by atoms with E-state index >= 15 is 0 Å². The summed E-state index contributed by atoms with van der Waals surface area (Å²) in [6, 6.07) is 29.1. The highest BCUT2D eigenvalue weighted by atomic mass is 32.1. The Morgan fingerprint density at radius 2 is 1.27 bits per heavy atom. The topological polar surface area (TPSA) is 40.6 Å². The van der Waals surface area contributed by atoms with Crippen LogP contribution in [0, 0.1) is 0 Å². The van der Waals surface area contributed by atoms with Gasteiger partial charge in [-0.25, -0.2) is 4.79 Å². The van der Waals surface area contributed by atoms with Crippen molar-refractivity contribution in [2.45, 2.75) is 24.3 Å². The molecule has 3 aromatic carbocycles. The summed E-state index contributed by atoms with van der Waals surface area (Å²) in [5.74, 6) is -0.204. The second-order valence-electron chi connectivity index (χ2n) is 7.40. The number of carbonyl (C=O) groups excluding carboxylic acids is 2. The number of thiol groups is 1. The number of imide groups is 1. The lowest BCUT2D eigenvalue weighted by Crippen LogP contribution is -2.40. The van der Waals surface area contributed by atoms with E-state index in [4.69, 9.17) is 0 Å². The van der Waals surface area contributed by atoms with Crippen molar-refractivity contribution < 1.29 is 9.59 Å². The lowest BCUT2D eigenvalue weighted by Gasteiger charge is -2.29. The number of rotatable bonds is 7. The van der Waals surface area contributed by atoms with Gasteiger partial charge in [-0.1, -0.05) is 91.0 Å². The van der Waals surface area contributed by atoms with Crippen molar-refractivity contribution in [2.75, 3.05) is 6.54 Å². The fraction of sp³-hybridized carbons (Fsp3) is 0.200. The highest BCUT2D eigenvalue weighted by Gasteiger charge is 2.43. The molecule has 152 valence electrons. The molecule has 4 nitrogen and oxygen atoms in total. The van der Waals surface area contributed by atoms with Gasteiger partial charge in [0, 0.05) is 0 Å². The van der Waals surface area contributed by atoms with Crippen LogP contribution in [0.5, 0.6) is 0 Å². The molecule has 1 saturated heterocycles. The van der Waals surface area contributed by atoms with E-state index < -0.39 is 5.37 Å². The molecule has 30 heavy (non-hydrogen) atoms. The van der Waals surface area contributed by atoms with E-state index in [0.29, 0.717) is 6.42 Å². The van der Waals surface area contributed by atoms with Crippen molar-refractivity contribution in [3.63, 3.8) is 0 Å². The first-order chi connectivity index (χ1) is 14.6. The molecule has 3 aromatic rings. The normalized spacial score (nSPS) is 15.1. The van der Waals surface area contributed by atoms with Gasteiger partial charge in [-0.15, -0.1) is 0 Å². The van der Waals surface area contributed by atoms with Crippen LogP contribution in [0.3, 0.4) is 0 Å². The molecule has 1 aliphatic rings. The number of benzene rings is 3. The summed E-state index contributed by atoms with van der Waals surface area (Å²) >= 11 is 4.62. The summed E-state index contributed by atoms with van der Waals surface area (Å²) in [6.45, 7) is 0.0513. The van der Waals surface area contributed by atoms with Crippen molar-refractivity contribution in [1.29, 1.82) is 0 Å². The predicted molar refractivity (Wildman–Crippen MR) is 121 cm³/mol. The molecule has 1 heterocycles. The molecule has 3 amide bonds. The molecule has 4 rings (SSSR count). The van der Waals surface area contributed by atoms with Crippen LogP contribution in [0.25, 0.3) is 0 Å². The zero-order valence-corrected chi connectivity index (χ0v) is 17.5. The summed E-state index contributed by atoms with van der Waals surface area (Å²) < 4.78 is 0. The summed E-state index contributed by atoms with van der Waals surface area (Å²) in [5.41, 5.74) is 3.12. The Bertz CT molecular complexity index is 956. The SMILES string of the molecule is O=C1CN(C(c2ccccc2)c2ccccc2)C(=O)N1C(S)CCc1ccccc1. The van der Waals surface area contributed by atoms with Gasteiger partial charge in [-0.2, -0.15) is 12.6 Å². The Balaban J connectivity index is 1.56. The fourth-order valence-electron chi connectivity index (χ4n) is 3.92. The van der Waals surface area contributed by atoms with Crippen LogP contribution in [0.1, 0.15) is 29.2 Å². The van der Waals surface area contributed by atoms with Crippen molar-refractivity contribution >= 4 is 24.6 Å². The lowest BCUT2D eigenvalue weighted by atomic mass is 9.97. The van der Waals surface area contributed by atoms with Gasteiger partial charge in [0.1, 0.15) is 6.54 Å². The van der Waals surface area contributed by atoms with E-state index in [1.807, 2.05) is 91.0 Å². The molecule has 0 bridgehead atoms. The zero-order chi connectivity index (χ0) is 20.9. The van der Waals surface area contributed by atoms with Gasteiger partial charge < -0.3 is 4.90 Å². The number of carbonyl (C=O) groups is 2. The quantitative estimate of drug-likeness (QED) is 0.438. The second-order valence-corrected chi connectivity index (χ2v) is 8.00. The van der Waals surface area contributed by atoms with Crippen molar-refractivity contribution in [1.82, 2.24) is 9.80 Å². The summed E-state index contributed by atoms with van der Waals surface area (Å²) in [7, 11) is 0. The van der Waals surface area contributed by atoms with Crippen LogP contribution in [0.2, 0.25) is 0 Å². The minimum atomic E-state index is -0.456. The molecule has 1 atom stereocenters. The van der Waals surface area contributed by atoms with Crippen LogP contribution in [-0.4, -0.2) is 33.7 Å². The van der Waals surface area contributed by atoms with Gasteiger partial charge in [0.2, 0.25) is 0 Å². The van der Waals surface area contributed by atoms with E-state index in [1.54, 1.807) is 4.90 Å². The second kappa shape index (κ2) is 9.18. The first-order valence-corrected chi connectivity index (χ1v) is 10.6. The van der Waals surface area contributed by atoms with Gasteiger partial charge in [0.05, 0.1) is 11.4 Å². The van der Waals surface area contributed by atoms with Gasteiger partial charge in [0.25, 0.3) is 5.91 Å². The number of urea groups is 1. The van der Waals surface area contributed by atoms with Crippen LogP contribution in [-0.2, 0) is 11.2 Å². The third kappa shape index (κ3) is 4.26. The largest absolute Gasteiger partial charge is 0.328 e. The molecule has 5 heteroatoms. The summed E-state index contributed by atoms with van der Waals surface area (Å²) in [5, 5.41) is -0.456. The van der Waals surface area contributed by atoms with Crippen LogP contribution in [0.4, 0.5) is 4.79 Å². The first-order valence-electron chi connectivity index (χ1n) is 10.1. The minimum absolute atomic E-state index is 0.0513. The molecule has 1 fully saturated rings. The van der Waals surface area contributed by atoms with E-state index in [1.165, 1.54) is 10.5 Å². The van der Waals surface area contributed by atoms with Gasteiger partial charge >= 0.3 is 6.03 Å². The fourth-order valence-corrected chi connectivity index (χ4v) is 4.28. The smallest absolute Gasteiger partial charge is 0.304 e. The number of hydrogen-bond donors (Lipinski definition) is 1. The van der Waals surface area contributed by atoms with Crippen LogP contribution < -0.4 is 0 Å². The molecule has 0 N–H and O–H groups in total. The Kier molecular flexibility index (Phi) is 6.19.